The lowest BCUT2D eigenvalue weighted by Gasteiger charge is -2.03. The number of pyridine rings is 1. The smallest absolute Gasteiger partial charge is 0.0702 e. The molecule has 2 aromatic rings. The highest BCUT2D eigenvalue weighted by Crippen LogP contribution is 2.12. The Hall–Kier alpha value is -1.45. The number of aliphatic hydroxyl groups is 1. The third kappa shape index (κ3) is 2.52. The number of para-hydroxylation sites is 1. The highest BCUT2D eigenvalue weighted by molar-refractivity contribution is 5.78. The maximum absolute atomic E-state index is 8.64. The van der Waals surface area contributed by atoms with Gasteiger partial charge in [-0.05, 0) is 17.7 Å². The number of nitrogens with one attached hydrogen (secondary N) is 1. The summed E-state index contributed by atoms with van der Waals surface area (Å²) in [6.45, 7) is 1.53. The first-order valence-electron chi connectivity index (χ1n) is 5.05. The lowest BCUT2D eigenvalue weighted by molar-refractivity contribution is 0.292. The summed E-state index contributed by atoms with van der Waals surface area (Å²) in [5.74, 6) is 0. The molecule has 0 saturated carbocycles. The van der Waals surface area contributed by atoms with Gasteiger partial charge in [-0.2, -0.15) is 0 Å². The highest BCUT2D eigenvalue weighted by atomic mass is 16.3. The van der Waals surface area contributed by atoms with Gasteiger partial charge in [0.2, 0.25) is 0 Å². The number of aromatic nitrogens is 1. The van der Waals surface area contributed by atoms with E-state index in [-0.39, 0.29) is 6.61 Å². The topological polar surface area (TPSA) is 45.1 Å². The molecule has 0 radical (unpaired) electrons. The van der Waals surface area contributed by atoms with Crippen LogP contribution in [-0.2, 0) is 6.54 Å². The molecule has 78 valence electrons. The predicted octanol–water partition coefficient (Wildman–Crippen LogP) is 1.32. The molecular weight excluding hydrogens is 188 g/mol. The van der Waals surface area contributed by atoms with Gasteiger partial charge in [0.15, 0.2) is 0 Å². The molecular formula is C12H14N2O. The van der Waals surface area contributed by atoms with Crippen molar-refractivity contribution in [2.45, 2.75) is 6.54 Å². The summed E-state index contributed by atoms with van der Waals surface area (Å²) in [5, 5.41) is 12.9. The minimum absolute atomic E-state index is 0.168. The van der Waals surface area contributed by atoms with E-state index in [0.717, 1.165) is 23.0 Å². The van der Waals surface area contributed by atoms with E-state index in [1.165, 1.54) is 0 Å². The molecule has 0 spiro atoms. The van der Waals surface area contributed by atoms with Crippen LogP contribution in [0.2, 0.25) is 0 Å². The molecule has 1 aromatic heterocycles. The van der Waals surface area contributed by atoms with E-state index in [2.05, 4.69) is 22.4 Å². The number of benzene rings is 1. The van der Waals surface area contributed by atoms with E-state index in [1.54, 1.807) is 0 Å². The molecule has 2 N–H and O–H groups in total. The van der Waals surface area contributed by atoms with Crippen molar-refractivity contribution >= 4 is 10.9 Å². The van der Waals surface area contributed by atoms with Crippen LogP contribution in [0.3, 0.4) is 0 Å². The van der Waals surface area contributed by atoms with Crippen LogP contribution in [0.15, 0.2) is 36.5 Å². The van der Waals surface area contributed by atoms with Gasteiger partial charge in [-0.15, -0.1) is 0 Å². The molecule has 0 unspecified atom stereocenters. The highest BCUT2D eigenvalue weighted by Gasteiger charge is 1.96. The fourth-order valence-electron chi connectivity index (χ4n) is 1.53. The summed E-state index contributed by atoms with van der Waals surface area (Å²) in [6, 6.07) is 10.2. The minimum atomic E-state index is 0.168. The van der Waals surface area contributed by atoms with Crippen molar-refractivity contribution in [2.24, 2.45) is 0 Å². The molecule has 0 aliphatic heterocycles. The normalized spacial score (nSPS) is 10.7. The Balaban J connectivity index is 2.16. The monoisotopic (exact) mass is 202 g/mol. The van der Waals surface area contributed by atoms with E-state index in [9.17, 15) is 0 Å². The van der Waals surface area contributed by atoms with Crippen LogP contribution in [0.5, 0.6) is 0 Å². The van der Waals surface area contributed by atoms with Gasteiger partial charge in [0.25, 0.3) is 0 Å². The molecule has 15 heavy (non-hydrogen) atoms. The van der Waals surface area contributed by atoms with Gasteiger partial charge in [0, 0.05) is 24.7 Å². The van der Waals surface area contributed by atoms with Gasteiger partial charge < -0.3 is 10.4 Å². The summed E-state index contributed by atoms with van der Waals surface area (Å²) in [7, 11) is 0. The van der Waals surface area contributed by atoms with Gasteiger partial charge in [-0.1, -0.05) is 18.2 Å². The van der Waals surface area contributed by atoms with E-state index >= 15 is 0 Å². The molecule has 0 saturated heterocycles. The largest absolute Gasteiger partial charge is 0.395 e. The Morgan fingerprint density at radius 1 is 1.27 bits per heavy atom. The van der Waals surface area contributed by atoms with Crippen LogP contribution >= 0.6 is 0 Å². The summed E-state index contributed by atoms with van der Waals surface area (Å²) in [5.41, 5.74) is 2.16. The van der Waals surface area contributed by atoms with Crippen LogP contribution in [0.4, 0.5) is 0 Å². The second-order valence-electron chi connectivity index (χ2n) is 3.44. The average Bonchev–Trinajstić information content (AvgIpc) is 2.29. The lowest BCUT2D eigenvalue weighted by atomic mass is 10.1. The van der Waals surface area contributed by atoms with Crippen molar-refractivity contribution in [3.63, 3.8) is 0 Å². The Morgan fingerprint density at radius 2 is 2.13 bits per heavy atom. The summed E-state index contributed by atoms with van der Waals surface area (Å²) in [4.78, 5) is 4.36. The Morgan fingerprint density at radius 3 is 3.00 bits per heavy atom. The number of rotatable bonds is 4. The summed E-state index contributed by atoms with van der Waals surface area (Å²) < 4.78 is 0. The zero-order valence-corrected chi connectivity index (χ0v) is 8.48. The zero-order chi connectivity index (χ0) is 10.5. The predicted molar refractivity (Wildman–Crippen MR) is 60.5 cm³/mol. The Labute approximate surface area is 88.8 Å². The van der Waals surface area contributed by atoms with E-state index in [1.807, 2.05) is 24.4 Å². The van der Waals surface area contributed by atoms with Crippen molar-refractivity contribution in [1.82, 2.24) is 10.3 Å². The van der Waals surface area contributed by atoms with Gasteiger partial charge >= 0.3 is 0 Å². The molecule has 3 nitrogen and oxygen atoms in total. The number of hydrogen-bond acceptors (Lipinski definition) is 3. The van der Waals surface area contributed by atoms with Crippen molar-refractivity contribution in [2.75, 3.05) is 13.2 Å². The van der Waals surface area contributed by atoms with Crippen molar-refractivity contribution in [3.8, 4) is 0 Å². The number of aliphatic hydroxyl groups excluding tert-OH is 1. The van der Waals surface area contributed by atoms with Crippen LogP contribution in [0, 0.1) is 0 Å². The number of hydrogen-bond donors (Lipinski definition) is 2. The minimum Gasteiger partial charge on any atom is -0.395 e. The molecule has 0 bridgehead atoms. The van der Waals surface area contributed by atoms with Crippen LogP contribution in [0.25, 0.3) is 10.9 Å². The number of fused-ring (bicyclic) bond motifs is 1. The SMILES string of the molecule is OCCNCc1cnc2ccccc2c1. The van der Waals surface area contributed by atoms with E-state index in [0.29, 0.717) is 6.54 Å². The molecule has 0 amide bonds. The molecule has 1 aromatic carbocycles. The second-order valence-corrected chi connectivity index (χ2v) is 3.44. The Kier molecular flexibility index (Phi) is 3.27. The molecule has 3 heteroatoms. The Bertz CT molecular complexity index is 442. The summed E-state index contributed by atoms with van der Waals surface area (Å²) in [6.07, 6.45) is 1.87. The fourth-order valence-corrected chi connectivity index (χ4v) is 1.53. The third-order valence-corrected chi connectivity index (χ3v) is 2.26. The molecule has 0 atom stereocenters. The number of nitrogens with zero attached hydrogens (tertiary/aromatic N) is 1. The first-order valence-corrected chi connectivity index (χ1v) is 5.05. The molecule has 0 fully saturated rings. The third-order valence-electron chi connectivity index (χ3n) is 2.26. The molecule has 2 rings (SSSR count). The molecule has 0 aliphatic carbocycles. The van der Waals surface area contributed by atoms with Crippen LogP contribution in [-0.4, -0.2) is 23.2 Å². The fraction of sp³-hybridized carbons (Fsp3) is 0.250. The van der Waals surface area contributed by atoms with Crippen LogP contribution < -0.4 is 5.32 Å². The average molecular weight is 202 g/mol. The van der Waals surface area contributed by atoms with E-state index < -0.39 is 0 Å². The standard InChI is InChI=1S/C12H14N2O/c15-6-5-13-8-10-7-11-3-1-2-4-12(11)14-9-10/h1-4,7,9,13,15H,5-6,8H2. The zero-order valence-electron chi connectivity index (χ0n) is 8.48. The first kappa shape index (κ1) is 10.1. The summed E-state index contributed by atoms with van der Waals surface area (Å²) >= 11 is 0. The quantitative estimate of drug-likeness (QED) is 0.735. The van der Waals surface area contributed by atoms with Crippen molar-refractivity contribution in [1.29, 1.82) is 0 Å². The van der Waals surface area contributed by atoms with Crippen molar-refractivity contribution in [3.05, 3.63) is 42.1 Å². The van der Waals surface area contributed by atoms with Crippen LogP contribution in [0.1, 0.15) is 5.56 Å². The van der Waals surface area contributed by atoms with Gasteiger partial charge in [0.1, 0.15) is 0 Å². The lowest BCUT2D eigenvalue weighted by Crippen LogP contribution is -2.17. The van der Waals surface area contributed by atoms with Gasteiger partial charge in [-0.3, -0.25) is 4.98 Å². The van der Waals surface area contributed by atoms with Crippen molar-refractivity contribution < 1.29 is 5.11 Å². The van der Waals surface area contributed by atoms with Gasteiger partial charge in [-0.25, -0.2) is 0 Å². The molecule has 1 heterocycles. The maximum Gasteiger partial charge on any atom is 0.0702 e. The van der Waals surface area contributed by atoms with E-state index in [4.69, 9.17) is 5.11 Å². The molecule has 0 aliphatic rings. The van der Waals surface area contributed by atoms with Gasteiger partial charge in [0.05, 0.1) is 12.1 Å². The second kappa shape index (κ2) is 4.87. The maximum atomic E-state index is 8.64. The first-order chi connectivity index (χ1) is 7.40.